The fourth-order valence-electron chi connectivity index (χ4n) is 5.63. The maximum atomic E-state index is 13.4. The van der Waals surface area contributed by atoms with Gasteiger partial charge in [-0.05, 0) is 81.2 Å². The highest BCUT2D eigenvalue weighted by molar-refractivity contribution is 5.98. The second-order valence-corrected chi connectivity index (χ2v) is 14.0. The maximum Gasteiger partial charge on any atom is 0.312 e. The highest BCUT2D eigenvalue weighted by Gasteiger charge is 2.29. The van der Waals surface area contributed by atoms with Gasteiger partial charge in [0.25, 0.3) is 0 Å². The molecule has 16 nitrogen and oxygen atoms in total. The number of urea groups is 1. The molecule has 0 aliphatic rings. The van der Waals surface area contributed by atoms with E-state index in [0.29, 0.717) is 57.2 Å². The van der Waals surface area contributed by atoms with E-state index in [9.17, 15) is 33.6 Å². The van der Waals surface area contributed by atoms with Crippen LogP contribution in [0, 0.1) is 5.92 Å². The van der Waals surface area contributed by atoms with E-state index in [1.54, 1.807) is 45.0 Å². The van der Waals surface area contributed by atoms with E-state index in [2.05, 4.69) is 32.1 Å². The van der Waals surface area contributed by atoms with Gasteiger partial charge in [-0.3, -0.25) is 33.6 Å². The van der Waals surface area contributed by atoms with Gasteiger partial charge in [-0.2, -0.15) is 0 Å². The van der Waals surface area contributed by atoms with Crippen LogP contribution in [0.2, 0.25) is 0 Å². The fraction of sp³-hybridized carbons (Fsp3) is 0.537. The van der Waals surface area contributed by atoms with Crippen LogP contribution < -0.4 is 37.8 Å². The zero-order chi connectivity index (χ0) is 41.8. The number of esters is 1. The number of carbonyl (C=O) groups is 7. The normalized spacial score (nSPS) is 11.8. The predicted molar refractivity (Wildman–Crippen MR) is 216 cm³/mol. The molecule has 0 aliphatic heterocycles. The number of ether oxygens (including phenoxy) is 1. The highest BCUT2D eigenvalue weighted by Crippen LogP contribution is 2.14. The summed E-state index contributed by atoms with van der Waals surface area (Å²) in [6, 6.07) is 13.5. The number of carbonyl (C=O) groups excluding carboxylic acids is 7. The first-order chi connectivity index (χ1) is 27.4. The smallest absolute Gasteiger partial charge is 0.312 e. The molecule has 0 bridgehead atoms. The minimum Gasteiger partial charge on any atom is -0.466 e. The number of nitrogens with one attached hydrogen (secondary N) is 6. The van der Waals surface area contributed by atoms with Crippen LogP contribution in [-0.4, -0.2) is 66.8 Å². The van der Waals surface area contributed by atoms with Gasteiger partial charge in [-0.1, -0.05) is 63.4 Å². The summed E-state index contributed by atoms with van der Waals surface area (Å²) in [4.78, 5) is 91.8. The van der Waals surface area contributed by atoms with Gasteiger partial charge >= 0.3 is 12.0 Å². The second-order valence-electron chi connectivity index (χ2n) is 14.0. The fourth-order valence-corrected chi connectivity index (χ4v) is 5.63. The number of anilines is 2. The number of nitrogens with two attached hydrogens (primary N) is 1. The van der Waals surface area contributed by atoms with Crippen molar-refractivity contribution in [1.29, 1.82) is 0 Å². The van der Waals surface area contributed by atoms with E-state index in [-0.39, 0.29) is 62.0 Å². The van der Waals surface area contributed by atoms with Crippen molar-refractivity contribution in [3.05, 3.63) is 60.2 Å². The van der Waals surface area contributed by atoms with Gasteiger partial charge in [0.05, 0.1) is 13.2 Å². The molecule has 2 rings (SSSR count). The van der Waals surface area contributed by atoms with E-state index < -0.39 is 29.9 Å². The summed E-state index contributed by atoms with van der Waals surface area (Å²) < 4.78 is 4.91. The quantitative estimate of drug-likeness (QED) is 0.0357. The molecule has 7 amide bonds. The first-order valence-electron chi connectivity index (χ1n) is 19.8. The molecule has 0 saturated carbocycles. The average Bonchev–Trinajstić information content (AvgIpc) is 3.17. The molecule has 0 spiro atoms. The Morgan fingerprint density at radius 1 is 0.649 bits per heavy atom. The van der Waals surface area contributed by atoms with Gasteiger partial charge in [-0.25, -0.2) is 10.3 Å². The van der Waals surface area contributed by atoms with Crippen LogP contribution in [0.1, 0.15) is 110 Å². The third-order valence-electron chi connectivity index (χ3n) is 8.72. The Hall–Kier alpha value is -5.51. The first kappa shape index (κ1) is 47.6. The van der Waals surface area contributed by atoms with Gasteiger partial charge in [0.15, 0.2) is 0 Å². The van der Waals surface area contributed by atoms with E-state index >= 15 is 0 Å². The zero-order valence-electron chi connectivity index (χ0n) is 33.5. The van der Waals surface area contributed by atoms with Crippen LogP contribution in [0.4, 0.5) is 16.2 Å². The molecule has 314 valence electrons. The number of hydroxylamine groups is 1. The Bertz CT molecular complexity index is 1560. The van der Waals surface area contributed by atoms with Crippen LogP contribution in [0.3, 0.4) is 0 Å². The van der Waals surface area contributed by atoms with Gasteiger partial charge in [0.2, 0.25) is 29.5 Å². The lowest BCUT2D eigenvalue weighted by molar-refractivity contribution is -0.143. The predicted octanol–water partition coefficient (Wildman–Crippen LogP) is 4.74. The summed E-state index contributed by atoms with van der Waals surface area (Å²) >= 11 is 0. The maximum absolute atomic E-state index is 13.4. The largest absolute Gasteiger partial charge is 0.466 e. The molecule has 0 unspecified atom stereocenters. The van der Waals surface area contributed by atoms with Crippen molar-refractivity contribution in [2.45, 2.75) is 123 Å². The average molecular weight is 796 g/mol. The summed E-state index contributed by atoms with van der Waals surface area (Å²) in [7, 11) is 0. The zero-order valence-corrected chi connectivity index (χ0v) is 33.5. The van der Waals surface area contributed by atoms with Gasteiger partial charge in [-0.15, -0.1) is 0 Å². The lowest BCUT2D eigenvalue weighted by atomic mass is 10.0. The molecule has 2 aromatic carbocycles. The van der Waals surface area contributed by atoms with Crippen molar-refractivity contribution in [1.82, 2.24) is 21.4 Å². The Kier molecular flexibility index (Phi) is 23.4. The highest BCUT2D eigenvalue weighted by atomic mass is 16.6. The first-order valence-corrected chi connectivity index (χ1v) is 19.8. The number of benzene rings is 2. The van der Waals surface area contributed by atoms with Crippen LogP contribution >= 0.6 is 0 Å². The van der Waals surface area contributed by atoms with E-state index in [0.717, 1.165) is 30.5 Å². The number of rotatable bonds is 28. The molecule has 0 heterocycles. The minimum absolute atomic E-state index is 0.0323. The lowest BCUT2D eigenvalue weighted by Crippen LogP contribution is -2.54. The third-order valence-corrected chi connectivity index (χ3v) is 8.72. The number of para-hydroxylation sites is 1. The van der Waals surface area contributed by atoms with Crippen molar-refractivity contribution in [3.8, 4) is 0 Å². The Morgan fingerprint density at radius 3 is 1.88 bits per heavy atom. The van der Waals surface area contributed by atoms with Crippen LogP contribution in [0.5, 0.6) is 0 Å². The standard InChI is InChI=1S/C41H61N7O9/c1-4-56-37(52)22-14-8-13-20-35(50)47-38(29(2)3)40(54)46-33(18-15-27-43-41(42)55)39(53)45-32-25-23-30(24-26-32)28-57-48-36(51)21-12-6-5-11-19-34(49)44-31-16-9-7-10-17-31/h7,9-10,16-17,23-26,29,33,38H,4-6,8,11-15,18-22,27-28H2,1-3H3,(H,44,49)(H,45,53)(H,46,54)(H,47,50)(H,48,51)(H3,42,43,55)/t33-,38-/m0/s1. The lowest BCUT2D eigenvalue weighted by Gasteiger charge is -2.25. The van der Waals surface area contributed by atoms with Crippen LogP contribution in [-0.2, 0) is 44.9 Å². The van der Waals surface area contributed by atoms with Crippen molar-refractivity contribution in [2.24, 2.45) is 11.7 Å². The van der Waals surface area contributed by atoms with E-state index in [1.165, 1.54) is 0 Å². The summed E-state index contributed by atoms with van der Waals surface area (Å²) in [6.07, 6.45) is 6.51. The van der Waals surface area contributed by atoms with Crippen molar-refractivity contribution >= 4 is 52.9 Å². The Balaban J connectivity index is 1.79. The summed E-state index contributed by atoms with van der Waals surface area (Å²) in [5, 5.41) is 13.7. The van der Waals surface area contributed by atoms with Gasteiger partial charge in [0.1, 0.15) is 12.1 Å². The molecule has 8 N–H and O–H groups in total. The molecule has 0 aromatic heterocycles. The number of unbranched alkanes of at least 4 members (excludes halogenated alkanes) is 5. The van der Waals surface area contributed by atoms with Crippen LogP contribution in [0.25, 0.3) is 0 Å². The molecule has 16 heteroatoms. The van der Waals surface area contributed by atoms with Crippen molar-refractivity contribution in [3.63, 3.8) is 0 Å². The number of amides is 7. The molecular formula is C41H61N7O9. The summed E-state index contributed by atoms with van der Waals surface area (Å²) in [5.74, 6) is -2.17. The molecule has 0 fully saturated rings. The summed E-state index contributed by atoms with van der Waals surface area (Å²) in [6.45, 7) is 5.92. The molecular weight excluding hydrogens is 734 g/mol. The van der Waals surface area contributed by atoms with Crippen LogP contribution in [0.15, 0.2) is 54.6 Å². The van der Waals surface area contributed by atoms with E-state index in [1.807, 2.05) is 30.3 Å². The minimum atomic E-state index is -0.995. The monoisotopic (exact) mass is 795 g/mol. The number of hydrogen-bond acceptors (Lipinski definition) is 9. The summed E-state index contributed by atoms with van der Waals surface area (Å²) in [5.41, 5.74) is 9.57. The third kappa shape index (κ3) is 22.0. The Labute approximate surface area is 335 Å². The molecule has 0 radical (unpaired) electrons. The second kappa shape index (κ2) is 28.0. The molecule has 57 heavy (non-hydrogen) atoms. The van der Waals surface area contributed by atoms with Crippen molar-refractivity contribution < 1.29 is 43.1 Å². The molecule has 2 atom stereocenters. The number of primary amides is 1. The topological polar surface area (TPSA) is 236 Å². The molecule has 0 aliphatic carbocycles. The molecule has 2 aromatic rings. The molecule has 0 saturated heterocycles. The number of hydrogen-bond donors (Lipinski definition) is 7. The van der Waals surface area contributed by atoms with Crippen molar-refractivity contribution in [2.75, 3.05) is 23.8 Å². The van der Waals surface area contributed by atoms with Gasteiger partial charge in [0, 0.05) is 43.6 Å². The van der Waals surface area contributed by atoms with Gasteiger partial charge < -0.3 is 37.1 Å². The Morgan fingerprint density at radius 2 is 1.25 bits per heavy atom. The SMILES string of the molecule is CCOC(=O)CCCCCC(=O)N[C@H](C(=O)N[C@@H](CCCNC(N)=O)C(=O)Nc1ccc(CONC(=O)CCCCCCC(=O)Nc2ccccc2)cc1)C(C)C. The van der Waals surface area contributed by atoms with E-state index in [4.69, 9.17) is 15.3 Å².